The molecule has 5 aromatic rings. The number of fused-ring (bicyclic) bond motifs is 1. The van der Waals surface area contributed by atoms with E-state index in [1.807, 2.05) is 78.9 Å². The van der Waals surface area contributed by atoms with Gasteiger partial charge in [0.15, 0.2) is 16.3 Å². The molecule has 0 amide bonds. The maximum atomic E-state index is 14.2. The monoisotopic (exact) mass is 792 g/mol. The molecular weight excluding hydrogens is 768 g/mol. The summed E-state index contributed by atoms with van der Waals surface area (Å²) in [6.07, 6.45) is 1.78. The van der Waals surface area contributed by atoms with E-state index in [9.17, 15) is 9.59 Å². The second-order valence-electron chi connectivity index (χ2n) is 10.4. The summed E-state index contributed by atoms with van der Waals surface area (Å²) >= 11 is 14.6. The zero-order valence-electron chi connectivity index (χ0n) is 25.2. The topological polar surface area (TPSA) is 79.1 Å². The Bertz CT molecular complexity index is 2160. The maximum absolute atomic E-state index is 14.2. The van der Waals surface area contributed by atoms with E-state index in [0.717, 1.165) is 15.6 Å². The third-order valence-electron chi connectivity index (χ3n) is 7.41. The van der Waals surface area contributed by atoms with Gasteiger partial charge in [-0.05, 0) is 82.0 Å². The van der Waals surface area contributed by atoms with Crippen molar-refractivity contribution in [3.63, 3.8) is 0 Å². The lowest BCUT2D eigenvalue weighted by Crippen LogP contribution is -2.40. The lowest BCUT2D eigenvalue weighted by Gasteiger charge is -2.25. The van der Waals surface area contributed by atoms with E-state index >= 15 is 0 Å². The molecule has 0 bridgehead atoms. The lowest BCUT2D eigenvalue weighted by molar-refractivity contribution is -0.138. The van der Waals surface area contributed by atoms with Crippen LogP contribution in [-0.4, -0.2) is 24.3 Å². The Labute approximate surface area is 296 Å². The van der Waals surface area contributed by atoms with Gasteiger partial charge >= 0.3 is 5.97 Å². The molecule has 0 spiro atoms. The SMILES string of the molecule is CCOC(=O)C1=C(c2ccccc2)N=c2s/c(=C\c3cc(Br)c(OCc4ccc(Br)cc4)c(OC)c3)c(=O)n2[C@H]1c1ccc(Cl)cc1. The molecule has 4 aromatic carbocycles. The summed E-state index contributed by atoms with van der Waals surface area (Å²) in [6.45, 7) is 2.26. The Morgan fingerprint density at radius 1 is 1.02 bits per heavy atom. The lowest BCUT2D eigenvalue weighted by atomic mass is 9.93. The van der Waals surface area contributed by atoms with Crippen LogP contribution in [0.25, 0.3) is 11.8 Å². The van der Waals surface area contributed by atoms with Crippen molar-refractivity contribution < 1.29 is 19.0 Å². The molecule has 0 saturated heterocycles. The third kappa shape index (κ3) is 7.01. The minimum atomic E-state index is -0.796. The molecule has 0 aliphatic carbocycles. The van der Waals surface area contributed by atoms with Crippen molar-refractivity contribution in [1.29, 1.82) is 0 Å². The predicted molar refractivity (Wildman–Crippen MR) is 192 cm³/mol. The predicted octanol–water partition coefficient (Wildman–Crippen LogP) is 7.70. The highest BCUT2D eigenvalue weighted by Crippen LogP contribution is 2.38. The van der Waals surface area contributed by atoms with E-state index < -0.39 is 12.0 Å². The zero-order chi connectivity index (χ0) is 33.1. The Morgan fingerprint density at radius 2 is 1.74 bits per heavy atom. The van der Waals surface area contributed by atoms with Gasteiger partial charge in [0.2, 0.25) is 0 Å². The number of rotatable bonds is 9. The number of thiazole rings is 1. The van der Waals surface area contributed by atoms with E-state index in [1.54, 1.807) is 36.8 Å². The van der Waals surface area contributed by atoms with Crippen molar-refractivity contribution in [2.75, 3.05) is 13.7 Å². The van der Waals surface area contributed by atoms with Crippen LogP contribution in [0.3, 0.4) is 0 Å². The van der Waals surface area contributed by atoms with Gasteiger partial charge in [0, 0.05) is 15.1 Å². The number of hydrogen-bond acceptors (Lipinski definition) is 7. The standard InChI is InChI=1S/C36H27Br2ClN2O5S/c1-3-45-35(43)30-31(23-7-5-4-6-8-23)40-36-41(32(30)24-11-15-26(39)16-12-24)34(42)29(47-36)19-22-17-27(38)33(28(18-22)44-2)46-20-21-9-13-25(37)14-10-21/h4-19,32H,3,20H2,1-2H3/b29-19-/t32-/m0/s1. The quantitative estimate of drug-likeness (QED) is 0.143. The van der Waals surface area contributed by atoms with Crippen molar-refractivity contribution in [3.8, 4) is 11.5 Å². The molecule has 0 radical (unpaired) electrons. The van der Waals surface area contributed by atoms with Crippen LogP contribution in [0.5, 0.6) is 11.5 Å². The summed E-state index contributed by atoms with van der Waals surface area (Å²) in [5.74, 6) is 0.505. The molecule has 7 nitrogen and oxygen atoms in total. The Balaban J connectivity index is 1.48. The summed E-state index contributed by atoms with van der Waals surface area (Å²) < 4.78 is 21.0. The van der Waals surface area contributed by atoms with Crippen LogP contribution < -0.4 is 24.4 Å². The largest absolute Gasteiger partial charge is 0.493 e. The van der Waals surface area contributed by atoms with E-state index in [-0.39, 0.29) is 17.7 Å². The van der Waals surface area contributed by atoms with Gasteiger partial charge in [0.1, 0.15) is 6.61 Å². The van der Waals surface area contributed by atoms with Gasteiger partial charge in [-0.15, -0.1) is 0 Å². The van der Waals surface area contributed by atoms with Gasteiger partial charge in [-0.3, -0.25) is 9.36 Å². The van der Waals surface area contributed by atoms with Crippen molar-refractivity contribution in [3.05, 3.63) is 152 Å². The van der Waals surface area contributed by atoms with Crippen LogP contribution in [-0.2, 0) is 16.1 Å². The molecule has 1 aliphatic rings. The average molecular weight is 795 g/mol. The molecule has 2 heterocycles. The molecule has 0 saturated carbocycles. The van der Waals surface area contributed by atoms with Crippen LogP contribution >= 0.6 is 54.8 Å². The summed E-state index contributed by atoms with van der Waals surface area (Å²) in [5.41, 5.74) is 3.58. The first-order chi connectivity index (χ1) is 22.8. The van der Waals surface area contributed by atoms with Crippen LogP contribution in [0.15, 0.2) is 115 Å². The fraction of sp³-hybridized carbons (Fsp3) is 0.139. The molecule has 0 unspecified atom stereocenters. The third-order valence-corrected chi connectivity index (χ3v) is 9.76. The van der Waals surface area contributed by atoms with E-state index in [0.29, 0.717) is 53.8 Å². The first kappa shape index (κ1) is 33.0. The number of nitrogens with zero attached hydrogens (tertiary/aromatic N) is 2. The first-order valence-corrected chi connectivity index (χ1v) is 17.3. The van der Waals surface area contributed by atoms with Gasteiger partial charge in [-0.1, -0.05) is 93.5 Å². The fourth-order valence-electron chi connectivity index (χ4n) is 5.25. The molecule has 11 heteroatoms. The highest BCUT2D eigenvalue weighted by Gasteiger charge is 2.35. The molecule has 1 aliphatic heterocycles. The molecule has 6 rings (SSSR count). The highest BCUT2D eigenvalue weighted by molar-refractivity contribution is 9.10. The second kappa shape index (κ2) is 14.4. The molecule has 1 aromatic heterocycles. The minimum absolute atomic E-state index is 0.168. The Kier molecular flexibility index (Phi) is 10.1. The number of benzene rings is 4. The number of hydrogen-bond donors (Lipinski definition) is 0. The number of carbonyl (C=O) groups excluding carboxylic acids is 1. The minimum Gasteiger partial charge on any atom is -0.493 e. The molecular formula is C36H27Br2ClN2O5S. The van der Waals surface area contributed by atoms with Crippen molar-refractivity contribution in [1.82, 2.24) is 4.57 Å². The van der Waals surface area contributed by atoms with E-state index in [2.05, 4.69) is 31.9 Å². The van der Waals surface area contributed by atoms with Crippen molar-refractivity contribution in [2.24, 2.45) is 4.99 Å². The number of esters is 1. The summed E-state index contributed by atoms with van der Waals surface area (Å²) in [5, 5.41) is 0.537. The summed E-state index contributed by atoms with van der Waals surface area (Å²) in [4.78, 5) is 33.2. The van der Waals surface area contributed by atoms with Crippen molar-refractivity contribution in [2.45, 2.75) is 19.6 Å². The van der Waals surface area contributed by atoms with E-state index in [4.69, 9.17) is 30.8 Å². The number of carbonyl (C=O) groups is 1. The van der Waals surface area contributed by atoms with Gasteiger partial charge in [0.05, 0.1) is 40.0 Å². The van der Waals surface area contributed by atoms with Crippen LogP contribution in [0.2, 0.25) is 5.02 Å². The smallest absolute Gasteiger partial charge is 0.338 e. The second-order valence-corrected chi connectivity index (χ2v) is 13.6. The van der Waals surface area contributed by atoms with Gasteiger partial charge in [-0.25, -0.2) is 9.79 Å². The highest BCUT2D eigenvalue weighted by atomic mass is 79.9. The van der Waals surface area contributed by atoms with Gasteiger partial charge in [0.25, 0.3) is 5.56 Å². The summed E-state index contributed by atoms with van der Waals surface area (Å²) in [6, 6.07) is 27.3. The van der Waals surface area contributed by atoms with Crippen LogP contribution in [0.4, 0.5) is 0 Å². The molecule has 0 fully saturated rings. The molecule has 47 heavy (non-hydrogen) atoms. The molecule has 0 N–H and O–H groups in total. The van der Waals surface area contributed by atoms with Gasteiger partial charge in [-0.2, -0.15) is 0 Å². The van der Waals surface area contributed by atoms with Crippen molar-refractivity contribution >= 4 is 72.5 Å². The number of methoxy groups -OCH3 is 1. The molecule has 1 atom stereocenters. The van der Waals surface area contributed by atoms with Crippen LogP contribution in [0, 0.1) is 0 Å². The normalized spacial score (nSPS) is 14.4. The first-order valence-electron chi connectivity index (χ1n) is 14.6. The molecule has 238 valence electrons. The fourth-order valence-corrected chi connectivity index (χ4v) is 7.22. The Hall–Kier alpha value is -3.96. The number of ether oxygens (including phenoxy) is 3. The Morgan fingerprint density at radius 3 is 2.43 bits per heavy atom. The van der Waals surface area contributed by atoms with Crippen LogP contribution in [0.1, 0.15) is 35.2 Å². The maximum Gasteiger partial charge on any atom is 0.338 e. The average Bonchev–Trinajstić information content (AvgIpc) is 3.38. The van der Waals surface area contributed by atoms with E-state index in [1.165, 1.54) is 11.3 Å². The number of halogens is 3. The summed E-state index contributed by atoms with van der Waals surface area (Å²) in [7, 11) is 1.57. The van der Waals surface area contributed by atoms with Gasteiger partial charge < -0.3 is 14.2 Å². The number of aromatic nitrogens is 1. The zero-order valence-corrected chi connectivity index (χ0v) is 30.0.